The minimum absolute atomic E-state index is 0.274. The summed E-state index contributed by atoms with van der Waals surface area (Å²) in [6.07, 6.45) is 4.42. The van der Waals surface area contributed by atoms with E-state index in [0.717, 1.165) is 24.6 Å². The lowest BCUT2D eigenvalue weighted by Crippen LogP contribution is -2.35. The molecule has 0 saturated heterocycles. The number of nitrogens with one attached hydrogen (secondary N) is 1. The topological polar surface area (TPSA) is 106 Å². The van der Waals surface area contributed by atoms with Crippen molar-refractivity contribution in [1.82, 2.24) is 14.9 Å². The highest BCUT2D eigenvalue weighted by Crippen LogP contribution is 2.16. The van der Waals surface area contributed by atoms with Gasteiger partial charge < -0.3 is 29.3 Å². The predicted octanol–water partition coefficient (Wildman–Crippen LogP) is 3.36. The molecular formula is C23H42N3O5Si-. The Bertz CT molecular complexity index is 722. The number of aryl methyl sites for hydroxylation is 1. The van der Waals surface area contributed by atoms with E-state index in [1.165, 1.54) is 0 Å². The molecule has 0 aliphatic rings. The predicted molar refractivity (Wildman–Crippen MR) is 126 cm³/mol. The zero-order chi connectivity index (χ0) is 24.4. The van der Waals surface area contributed by atoms with Crippen LogP contribution in [0.2, 0.25) is 25.7 Å². The Morgan fingerprint density at radius 1 is 1.28 bits per heavy atom. The first-order valence-corrected chi connectivity index (χ1v) is 15.3. The fourth-order valence-electron chi connectivity index (χ4n) is 3.08. The van der Waals surface area contributed by atoms with E-state index in [9.17, 15) is 14.7 Å². The number of ether oxygens (including phenoxy) is 2. The second-order valence-corrected chi connectivity index (χ2v) is 16.1. The molecule has 0 aromatic carbocycles. The number of nitrogens with zero attached hydrogens (tertiary/aromatic N) is 2. The average Bonchev–Trinajstić information content (AvgIpc) is 3.00. The molecule has 0 bridgehead atoms. The number of hydrogen-bond acceptors (Lipinski definition) is 6. The molecule has 0 saturated carbocycles. The van der Waals surface area contributed by atoms with Gasteiger partial charge in [0.05, 0.1) is 5.69 Å². The Morgan fingerprint density at radius 3 is 2.53 bits per heavy atom. The molecule has 0 spiro atoms. The average molecular weight is 469 g/mol. The van der Waals surface area contributed by atoms with Crippen LogP contribution in [0.5, 0.6) is 0 Å². The van der Waals surface area contributed by atoms with Gasteiger partial charge in [0, 0.05) is 45.7 Å². The normalized spacial score (nSPS) is 13.1. The summed E-state index contributed by atoms with van der Waals surface area (Å²) in [6.45, 7) is 15.8. The van der Waals surface area contributed by atoms with Crippen LogP contribution >= 0.6 is 0 Å². The number of rotatable bonds is 14. The molecule has 1 unspecified atom stereocenters. The first-order chi connectivity index (χ1) is 14.8. The van der Waals surface area contributed by atoms with Crippen LogP contribution in [0.25, 0.3) is 0 Å². The van der Waals surface area contributed by atoms with Crippen molar-refractivity contribution in [2.75, 3.05) is 13.2 Å². The van der Waals surface area contributed by atoms with Gasteiger partial charge in [0.25, 0.3) is 0 Å². The molecule has 9 heteroatoms. The van der Waals surface area contributed by atoms with Crippen LogP contribution in [0, 0.1) is 5.92 Å². The van der Waals surface area contributed by atoms with Gasteiger partial charge in [-0.15, -0.1) is 0 Å². The Balaban J connectivity index is 2.66. The van der Waals surface area contributed by atoms with Crippen molar-refractivity contribution in [3.8, 4) is 0 Å². The third-order valence-corrected chi connectivity index (χ3v) is 6.51. The molecule has 1 aromatic heterocycles. The summed E-state index contributed by atoms with van der Waals surface area (Å²) >= 11 is 0. The van der Waals surface area contributed by atoms with Crippen LogP contribution in [0.1, 0.15) is 58.5 Å². The molecule has 1 N–H and O–H groups in total. The fraction of sp³-hybridized carbons (Fsp3) is 0.783. The number of carbonyl (C=O) groups is 2. The number of carboxylic acid groups (broad SMARTS) is 1. The highest BCUT2D eigenvalue weighted by Gasteiger charge is 2.18. The van der Waals surface area contributed by atoms with Crippen LogP contribution in [0.15, 0.2) is 6.20 Å². The second-order valence-electron chi connectivity index (χ2n) is 10.5. The lowest BCUT2D eigenvalue weighted by molar-refractivity contribution is -0.311. The van der Waals surface area contributed by atoms with Crippen molar-refractivity contribution in [2.24, 2.45) is 5.92 Å². The number of carbonyl (C=O) groups excluding carboxylic acids is 2. The number of alkyl carbamates (subject to hydrolysis) is 1. The summed E-state index contributed by atoms with van der Waals surface area (Å²) in [7, 11) is -1.17. The summed E-state index contributed by atoms with van der Waals surface area (Å²) in [5, 5.41) is 14.4. The molecule has 184 valence electrons. The number of carboxylic acids is 1. The Morgan fingerprint density at radius 2 is 1.97 bits per heavy atom. The zero-order valence-electron chi connectivity index (χ0n) is 21.0. The SMILES string of the molecule is CCCc1cn(COCC[Si](C)(C)C)c(CC(CCCNC(=O)OC(C)(C)C)C(=O)[O-])n1. The third kappa shape index (κ3) is 12.2. The zero-order valence-corrected chi connectivity index (χ0v) is 22.0. The van der Waals surface area contributed by atoms with E-state index in [2.05, 4.69) is 36.9 Å². The van der Waals surface area contributed by atoms with E-state index >= 15 is 0 Å². The Kier molecular flexibility index (Phi) is 11.4. The van der Waals surface area contributed by atoms with E-state index in [1.807, 2.05) is 10.8 Å². The first kappa shape index (κ1) is 28.2. The minimum atomic E-state index is -1.17. The number of imidazole rings is 1. The standard InChI is InChI=1S/C23H43N3O5Si/c1-8-10-19-16-26(17-30-13-14-32(5,6)7)20(25-19)15-18(21(27)28)11-9-12-24-22(29)31-23(2,3)4/h16,18H,8-15,17H2,1-7H3,(H,24,29)(H,27,28)/p-1. The molecule has 1 heterocycles. The summed E-state index contributed by atoms with van der Waals surface area (Å²) in [4.78, 5) is 28.1. The highest BCUT2D eigenvalue weighted by molar-refractivity contribution is 6.76. The number of aliphatic carboxylic acids is 1. The van der Waals surface area contributed by atoms with E-state index < -0.39 is 31.7 Å². The first-order valence-electron chi connectivity index (χ1n) is 11.6. The van der Waals surface area contributed by atoms with Crippen LogP contribution in [-0.2, 0) is 33.8 Å². The molecule has 0 fully saturated rings. The minimum Gasteiger partial charge on any atom is -0.550 e. The van der Waals surface area contributed by atoms with Crippen molar-refractivity contribution < 1.29 is 24.2 Å². The second kappa shape index (κ2) is 13.0. The van der Waals surface area contributed by atoms with Gasteiger partial charge in [-0.05, 0) is 46.1 Å². The Labute approximate surface area is 194 Å². The van der Waals surface area contributed by atoms with Crippen molar-refractivity contribution in [3.05, 3.63) is 17.7 Å². The van der Waals surface area contributed by atoms with Gasteiger partial charge in [-0.1, -0.05) is 33.0 Å². The summed E-state index contributed by atoms with van der Waals surface area (Å²) in [6, 6.07) is 1.07. The molecule has 0 aliphatic heterocycles. The smallest absolute Gasteiger partial charge is 0.407 e. The van der Waals surface area contributed by atoms with Crippen LogP contribution in [0.4, 0.5) is 4.79 Å². The maximum Gasteiger partial charge on any atom is 0.407 e. The summed E-state index contributed by atoms with van der Waals surface area (Å²) in [5.41, 5.74) is 0.377. The lowest BCUT2D eigenvalue weighted by atomic mass is 9.99. The molecule has 0 aliphatic carbocycles. The van der Waals surface area contributed by atoms with Crippen LogP contribution in [0.3, 0.4) is 0 Å². The molecule has 1 rings (SSSR count). The summed E-state index contributed by atoms with van der Waals surface area (Å²) < 4.78 is 13.0. The maximum atomic E-state index is 11.7. The van der Waals surface area contributed by atoms with Crippen molar-refractivity contribution in [3.63, 3.8) is 0 Å². The monoisotopic (exact) mass is 468 g/mol. The molecular weight excluding hydrogens is 426 g/mol. The van der Waals surface area contributed by atoms with E-state index in [4.69, 9.17) is 9.47 Å². The fourth-order valence-corrected chi connectivity index (χ4v) is 3.84. The summed E-state index contributed by atoms with van der Waals surface area (Å²) in [5.74, 6) is -1.09. The van der Waals surface area contributed by atoms with Gasteiger partial charge in [0.1, 0.15) is 18.2 Å². The van der Waals surface area contributed by atoms with Gasteiger partial charge in [-0.25, -0.2) is 9.78 Å². The van der Waals surface area contributed by atoms with Crippen LogP contribution in [-0.4, -0.2) is 48.4 Å². The van der Waals surface area contributed by atoms with E-state index in [1.54, 1.807) is 20.8 Å². The Hall–Kier alpha value is -1.87. The number of amides is 1. The van der Waals surface area contributed by atoms with Gasteiger partial charge in [-0.2, -0.15) is 0 Å². The van der Waals surface area contributed by atoms with Crippen LogP contribution < -0.4 is 10.4 Å². The van der Waals surface area contributed by atoms with Gasteiger partial charge in [0.2, 0.25) is 0 Å². The third-order valence-electron chi connectivity index (χ3n) is 4.80. The quantitative estimate of drug-likeness (QED) is 0.331. The maximum absolute atomic E-state index is 11.7. The molecule has 1 aromatic rings. The van der Waals surface area contributed by atoms with Gasteiger partial charge >= 0.3 is 6.09 Å². The largest absolute Gasteiger partial charge is 0.550 e. The number of aromatic nitrogens is 2. The van der Waals surface area contributed by atoms with Gasteiger partial charge in [0.15, 0.2) is 0 Å². The molecule has 1 amide bonds. The molecule has 8 nitrogen and oxygen atoms in total. The highest BCUT2D eigenvalue weighted by atomic mass is 28.3. The number of hydrogen-bond donors (Lipinski definition) is 1. The molecule has 1 atom stereocenters. The van der Waals surface area contributed by atoms with Crippen molar-refractivity contribution in [2.45, 2.75) is 97.8 Å². The van der Waals surface area contributed by atoms with Gasteiger partial charge in [-0.3, -0.25) is 0 Å². The lowest BCUT2D eigenvalue weighted by Gasteiger charge is -2.21. The van der Waals surface area contributed by atoms with Crippen molar-refractivity contribution >= 4 is 20.1 Å². The molecule has 32 heavy (non-hydrogen) atoms. The van der Waals surface area contributed by atoms with E-state index in [0.29, 0.717) is 38.5 Å². The van der Waals surface area contributed by atoms with Crippen molar-refractivity contribution in [1.29, 1.82) is 0 Å². The van der Waals surface area contributed by atoms with E-state index in [-0.39, 0.29) is 6.42 Å². The molecule has 0 radical (unpaired) electrons.